The Hall–Kier alpha value is -1.53. The van der Waals surface area contributed by atoms with Crippen molar-refractivity contribution in [3.63, 3.8) is 0 Å². The van der Waals surface area contributed by atoms with Crippen LogP contribution >= 0.6 is 0 Å². The summed E-state index contributed by atoms with van der Waals surface area (Å²) in [6, 6.07) is -0.779. The molecule has 4 nitrogen and oxygen atoms in total. The molecule has 1 rings (SSSR count). The summed E-state index contributed by atoms with van der Waals surface area (Å²) < 4.78 is 37.3. The first-order valence-electron chi connectivity index (χ1n) is 4.17. The highest BCUT2D eigenvalue weighted by molar-refractivity contribution is 5.81. The molecule has 1 atom stereocenters. The number of aryl methyl sites for hydroxylation is 1. The molecule has 84 valence electrons. The summed E-state index contributed by atoms with van der Waals surface area (Å²) in [7, 11) is 1.64. The molecule has 0 aromatic carbocycles. The number of carbonyl (C=O) groups excluding carboxylic acids is 1. The van der Waals surface area contributed by atoms with Gasteiger partial charge in [0.15, 0.2) is 0 Å². The Labute approximate surface area is 84.1 Å². The van der Waals surface area contributed by atoms with Gasteiger partial charge in [-0.2, -0.15) is 13.2 Å². The van der Waals surface area contributed by atoms with Crippen molar-refractivity contribution < 1.29 is 18.0 Å². The van der Waals surface area contributed by atoms with E-state index in [9.17, 15) is 18.0 Å². The number of halogens is 3. The van der Waals surface area contributed by atoms with Gasteiger partial charge < -0.3 is 9.88 Å². The van der Waals surface area contributed by atoms with Gasteiger partial charge in [0.05, 0.1) is 6.04 Å². The first kappa shape index (κ1) is 11.5. The summed E-state index contributed by atoms with van der Waals surface area (Å²) in [5.41, 5.74) is 0. The minimum Gasteiger partial charge on any atom is -0.339 e. The summed E-state index contributed by atoms with van der Waals surface area (Å²) in [6.45, 7) is 1.44. The van der Waals surface area contributed by atoms with E-state index in [1.165, 1.54) is 13.1 Å². The topological polar surface area (TPSA) is 46.9 Å². The Kier molecular flexibility index (Phi) is 3.01. The molecule has 1 aromatic rings. The molecule has 0 spiro atoms. The number of imidazole rings is 1. The maximum atomic E-state index is 11.9. The van der Waals surface area contributed by atoms with Crippen LogP contribution in [0.1, 0.15) is 18.8 Å². The maximum absolute atomic E-state index is 11.9. The van der Waals surface area contributed by atoms with Crippen LogP contribution in [0.15, 0.2) is 12.4 Å². The molecule has 0 aliphatic heterocycles. The minimum atomic E-state index is -4.86. The average molecular weight is 221 g/mol. The van der Waals surface area contributed by atoms with E-state index in [0.717, 1.165) is 0 Å². The van der Waals surface area contributed by atoms with Gasteiger partial charge in [0, 0.05) is 19.4 Å². The van der Waals surface area contributed by atoms with Gasteiger partial charge in [0.25, 0.3) is 0 Å². The van der Waals surface area contributed by atoms with Crippen LogP contribution in [0.5, 0.6) is 0 Å². The molecule has 1 unspecified atom stereocenters. The summed E-state index contributed by atoms with van der Waals surface area (Å²) in [5, 5.41) is 1.82. The van der Waals surface area contributed by atoms with E-state index in [1.807, 2.05) is 5.32 Å². The van der Waals surface area contributed by atoms with Crippen molar-refractivity contribution in [2.24, 2.45) is 7.05 Å². The minimum absolute atomic E-state index is 0.368. The lowest BCUT2D eigenvalue weighted by atomic mass is 10.3. The predicted octanol–water partition coefficient (Wildman–Crippen LogP) is 1.16. The molecular weight excluding hydrogens is 211 g/mol. The van der Waals surface area contributed by atoms with Crippen LogP contribution in [0.4, 0.5) is 13.2 Å². The van der Waals surface area contributed by atoms with E-state index in [1.54, 1.807) is 17.8 Å². The van der Waals surface area contributed by atoms with Crippen molar-refractivity contribution in [3.8, 4) is 0 Å². The molecule has 0 bridgehead atoms. The fraction of sp³-hybridized carbons (Fsp3) is 0.500. The molecule has 0 saturated carbocycles. The summed E-state index contributed by atoms with van der Waals surface area (Å²) in [4.78, 5) is 14.4. The third-order valence-electron chi connectivity index (χ3n) is 1.85. The van der Waals surface area contributed by atoms with Gasteiger partial charge in [-0.25, -0.2) is 4.98 Å². The fourth-order valence-corrected chi connectivity index (χ4v) is 1.14. The van der Waals surface area contributed by atoms with Gasteiger partial charge >= 0.3 is 12.1 Å². The molecule has 1 N–H and O–H groups in total. The zero-order valence-corrected chi connectivity index (χ0v) is 8.17. The largest absolute Gasteiger partial charge is 0.471 e. The molecule has 0 radical (unpaired) electrons. The van der Waals surface area contributed by atoms with Crippen molar-refractivity contribution >= 4 is 5.91 Å². The number of aromatic nitrogens is 2. The Morgan fingerprint density at radius 2 is 2.20 bits per heavy atom. The smallest absolute Gasteiger partial charge is 0.339 e. The normalized spacial score (nSPS) is 13.7. The molecular formula is C8H10F3N3O. The second-order valence-electron chi connectivity index (χ2n) is 3.09. The number of hydrogen-bond acceptors (Lipinski definition) is 2. The standard InChI is InChI=1S/C8H10F3N3O/c1-5(6-12-3-4-14(6)2)13-7(15)8(9,10)11/h3-5H,1-2H3,(H,13,15). The third-order valence-corrected chi connectivity index (χ3v) is 1.85. The first-order valence-corrected chi connectivity index (χ1v) is 4.17. The lowest BCUT2D eigenvalue weighted by Crippen LogP contribution is -2.38. The number of rotatable bonds is 2. The summed E-state index contributed by atoms with van der Waals surface area (Å²) in [5.74, 6) is -1.59. The molecule has 7 heteroatoms. The van der Waals surface area contributed by atoms with Crippen molar-refractivity contribution in [1.29, 1.82) is 0 Å². The van der Waals surface area contributed by atoms with E-state index in [2.05, 4.69) is 4.98 Å². The van der Waals surface area contributed by atoms with Crippen LogP contribution in [0, 0.1) is 0 Å². The highest BCUT2D eigenvalue weighted by Gasteiger charge is 2.39. The van der Waals surface area contributed by atoms with Gasteiger partial charge in [0.2, 0.25) is 0 Å². The van der Waals surface area contributed by atoms with Crippen LogP contribution in [0.25, 0.3) is 0 Å². The van der Waals surface area contributed by atoms with Crippen LogP contribution in [-0.4, -0.2) is 21.6 Å². The van der Waals surface area contributed by atoms with Crippen LogP contribution in [-0.2, 0) is 11.8 Å². The second kappa shape index (κ2) is 3.92. The highest BCUT2D eigenvalue weighted by atomic mass is 19.4. The van der Waals surface area contributed by atoms with Crippen molar-refractivity contribution in [1.82, 2.24) is 14.9 Å². The SMILES string of the molecule is CC(NC(=O)C(F)(F)F)c1nccn1C. The molecule has 1 aromatic heterocycles. The van der Waals surface area contributed by atoms with Crippen LogP contribution in [0.3, 0.4) is 0 Å². The van der Waals surface area contributed by atoms with E-state index in [-0.39, 0.29) is 0 Å². The Bertz CT molecular complexity index is 358. The molecule has 0 aliphatic carbocycles. The molecule has 15 heavy (non-hydrogen) atoms. The first-order chi connectivity index (χ1) is 6.82. The Balaban J connectivity index is 2.69. The number of nitrogens with one attached hydrogen (secondary N) is 1. The average Bonchev–Trinajstić information content (AvgIpc) is 2.49. The second-order valence-corrected chi connectivity index (χ2v) is 3.09. The maximum Gasteiger partial charge on any atom is 0.471 e. The zero-order chi connectivity index (χ0) is 11.6. The molecule has 0 aliphatic rings. The van der Waals surface area contributed by atoms with Crippen molar-refractivity contribution in [2.45, 2.75) is 19.1 Å². The predicted molar refractivity (Wildman–Crippen MR) is 45.8 cm³/mol. The fourth-order valence-electron chi connectivity index (χ4n) is 1.14. The van der Waals surface area contributed by atoms with E-state index >= 15 is 0 Å². The van der Waals surface area contributed by atoms with Crippen molar-refractivity contribution in [2.75, 3.05) is 0 Å². The van der Waals surface area contributed by atoms with E-state index < -0.39 is 18.1 Å². The zero-order valence-electron chi connectivity index (χ0n) is 8.17. The number of carbonyl (C=O) groups is 1. The summed E-state index contributed by atoms with van der Waals surface area (Å²) in [6.07, 6.45) is -1.82. The molecule has 0 fully saturated rings. The third kappa shape index (κ3) is 2.71. The van der Waals surface area contributed by atoms with Gasteiger partial charge in [-0.1, -0.05) is 0 Å². The Morgan fingerprint density at radius 1 is 1.60 bits per heavy atom. The molecule has 1 amide bonds. The number of hydrogen-bond donors (Lipinski definition) is 1. The molecule has 1 heterocycles. The number of amides is 1. The highest BCUT2D eigenvalue weighted by Crippen LogP contribution is 2.17. The summed E-state index contributed by atoms with van der Waals surface area (Å²) >= 11 is 0. The van der Waals surface area contributed by atoms with Crippen LogP contribution in [0.2, 0.25) is 0 Å². The van der Waals surface area contributed by atoms with Gasteiger partial charge in [-0.05, 0) is 6.92 Å². The monoisotopic (exact) mass is 221 g/mol. The van der Waals surface area contributed by atoms with Gasteiger partial charge in [0.1, 0.15) is 5.82 Å². The number of nitrogens with zero attached hydrogens (tertiary/aromatic N) is 2. The quantitative estimate of drug-likeness (QED) is 0.814. The van der Waals surface area contributed by atoms with Crippen molar-refractivity contribution in [3.05, 3.63) is 18.2 Å². The van der Waals surface area contributed by atoms with Gasteiger partial charge in [-0.3, -0.25) is 4.79 Å². The lowest BCUT2D eigenvalue weighted by Gasteiger charge is -2.14. The van der Waals surface area contributed by atoms with E-state index in [4.69, 9.17) is 0 Å². The number of alkyl halides is 3. The van der Waals surface area contributed by atoms with E-state index in [0.29, 0.717) is 5.82 Å². The molecule has 0 saturated heterocycles. The van der Waals surface area contributed by atoms with Crippen LogP contribution < -0.4 is 5.32 Å². The lowest BCUT2D eigenvalue weighted by molar-refractivity contribution is -0.174. The Morgan fingerprint density at radius 3 is 2.60 bits per heavy atom. The van der Waals surface area contributed by atoms with Gasteiger partial charge in [-0.15, -0.1) is 0 Å².